The average Bonchev–Trinajstić information content (AvgIpc) is 4.04. The number of hydrogen-bond donors (Lipinski definition) is 3. The number of amides is 4. The van der Waals surface area contributed by atoms with Crippen molar-refractivity contribution in [1.82, 2.24) is 34.7 Å². The molecule has 16 nitrogen and oxygen atoms in total. The summed E-state index contributed by atoms with van der Waals surface area (Å²) in [7, 11) is 4.38. The molecule has 5 aromatic rings. The monoisotopic (exact) mass is 909 g/mol. The van der Waals surface area contributed by atoms with Gasteiger partial charge in [-0.15, -0.1) is 5.10 Å². The molecule has 4 amide bonds. The van der Waals surface area contributed by atoms with Crippen LogP contribution in [0.25, 0.3) is 16.9 Å². The van der Waals surface area contributed by atoms with E-state index in [1.165, 1.54) is 55.1 Å². The predicted molar refractivity (Wildman–Crippen MR) is 243 cm³/mol. The van der Waals surface area contributed by atoms with Crippen LogP contribution in [-0.4, -0.2) is 120 Å². The number of imidazole rings is 1. The van der Waals surface area contributed by atoms with E-state index in [1.54, 1.807) is 18.1 Å². The Labute approximate surface area is 380 Å². The maximum Gasteiger partial charge on any atom is 0.321 e. The van der Waals surface area contributed by atoms with Crippen molar-refractivity contribution in [3.8, 4) is 17.0 Å². The minimum absolute atomic E-state index is 0.0279. The Morgan fingerprint density at radius 3 is 2.36 bits per heavy atom. The normalized spacial score (nSPS) is 17.1. The fraction of sp³-hybridized carbons (Fsp3) is 0.426. The Balaban J connectivity index is 0.00000190. The molecule has 348 valence electrons. The third-order valence-corrected chi connectivity index (χ3v) is 12.9. The van der Waals surface area contributed by atoms with Crippen LogP contribution in [0.4, 0.5) is 40.8 Å². The summed E-state index contributed by atoms with van der Waals surface area (Å²) in [5, 5.41) is 10.3. The van der Waals surface area contributed by atoms with E-state index in [-0.39, 0.29) is 68.0 Å². The first kappa shape index (κ1) is 45.8. The first-order valence-electron chi connectivity index (χ1n) is 22.2. The van der Waals surface area contributed by atoms with Crippen molar-refractivity contribution in [3.63, 3.8) is 0 Å². The highest BCUT2D eigenvalue weighted by Gasteiger charge is 2.57. The van der Waals surface area contributed by atoms with E-state index in [4.69, 9.17) is 20.6 Å². The van der Waals surface area contributed by atoms with Crippen molar-refractivity contribution in [2.45, 2.75) is 63.8 Å². The van der Waals surface area contributed by atoms with Gasteiger partial charge in [-0.3, -0.25) is 24.4 Å². The highest BCUT2D eigenvalue weighted by atomic mass is 19.3. The number of carbonyl (C=O) groups is 4. The highest BCUT2D eigenvalue weighted by Crippen LogP contribution is 2.51. The molecule has 1 spiro atoms. The number of halogens is 3. The number of nitrogens with one attached hydrogen (secondary N) is 2. The number of rotatable bonds is 12. The van der Waals surface area contributed by atoms with Gasteiger partial charge in [0.1, 0.15) is 12.0 Å². The number of nitrogens with zero attached hydrogens (tertiary/aromatic N) is 8. The number of fused-ring (bicyclic) bond motifs is 2. The lowest BCUT2D eigenvalue weighted by molar-refractivity contribution is -0.186. The average molecular weight is 910 g/mol. The summed E-state index contributed by atoms with van der Waals surface area (Å²) >= 11 is 0. The van der Waals surface area contributed by atoms with Gasteiger partial charge in [-0.05, 0) is 67.6 Å². The molecule has 3 aromatic heterocycles. The molecule has 2 saturated heterocycles. The number of likely N-dealkylation sites (tertiary alicyclic amines) is 2. The van der Waals surface area contributed by atoms with Crippen LogP contribution in [-0.2, 0) is 17.8 Å². The number of aromatic nitrogens is 4. The molecule has 19 heteroatoms. The lowest BCUT2D eigenvalue weighted by Crippen LogP contribution is -2.59. The van der Waals surface area contributed by atoms with E-state index in [0.717, 1.165) is 45.5 Å². The molecule has 3 fully saturated rings. The second-order valence-electron chi connectivity index (χ2n) is 17.1. The number of pyridine rings is 1. The number of piperidine rings is 2. The fourth-order valence-corrected chi connectivity index (χ4v) is 9.19. The summed E-state index contributed by atoms with van der Waals surface area (Å²) in [6, 6.07) is 13.4. The topological polar surface area (TPSA) is 184 Å². The van der Waals surface area contributed by atoms with Gasteiger partial charge < -0.3 is 35.7 Å². The number of ether oxygens (including phenoxy) is 1. The Hall–Kier alpha value is -6.76. The first-order valence-corrected chi connectivity index (χ1v) is 22.2. The first-order chi connectivity index (χ1) is 31.8. The summed E-state index contributed by atoms with van der Waals surface area (Å²) in [5.74, 6) is -4.76. The zero-order valence-electron chi connectivity index (χ0n) is 37.3. The van der Waals surface area contributed by atoms with E-state index in [0.29, 0.717) is 43.1 Å². The maximum atomic E-state index is 16.2. The number of primary amides is 1. The predicted octanol–water partition coefficient (Wildman–Crippen LogP) is 6.44. The van der Waals surface area contributed by atoms with E-state index in [2.05, 4.69) is 20.5 Å². The summed E-state index contributed by atoms with van der Waals surface area (Å²) in [5.41, 5.74) is 10.1. The van der Waals surface area contributed by atoms with Gasteiger partial charge in [-0.25, -0.2) is 27.5 Å². The molecule has 9 rings (SSSR count). The molecular weight excluding hydrogens is 856 g/mol. The van der Waals surface area contributed by atoms with Crippen LogP contribution < -0.4 is 30.9 Å². The molecule has 6 heterocycles. The van der Waals surface area contributed by atoms with E-state index in [1.807, 2.05) is 36.4 Å². The number of alkyl halides is 2. The Morgan fingerprint density at radius 2 is 1.73 bits per heavy atom. The van der Waals surface area contributed by atoms with Gasteiger partial charge in [-0.1, -0.05) is 37.5 Å². The molecule has 4 N–H and O–H groups in total. The minimum Gasteiger partial charge on any atom is -0.492 e. The Bertz CT molecular complexity index is 2630. The smallest absolute Gasteiger partial charge is 0.321 e. The van der Waals surface area contributed by atoms with Crippen LogP contribution in [0, 0.1) is 11.2 Å². The number of anilines is 4. The standard InChI is InChI=1S/C44H48F3N11O5.C3H6/c1-49-33-22-37(53-58-36(39(48)60)24-52-40(33)58)56-15-10-30-29(6-4-7-34(30)56)32-9-8-27(23-51-32)25-54-16-11-43(44(46,47)26-54)12-17-55(18-13-43)41(61)28-20-31(45)38(63-3)35(21-28)57(14-5-19-59)42(62)50-2;1-2-3-1/h4,6-9,19-24,49H,5,10-18,25-26H2,1-3H3,(H2,48,60)(H,50,62);1-3H2. The number of urea groups is 1. The second-order valence-corrected chi connectivity index (χ2v) is 17.1. The number of nitrogens with two attached hydrogens (primary N) is 1. The summed E-state index contributed by atoms with van der Waals surface area (Å²) in [6.07, 6.45) is 9.32. The molecule has 0 unspecified atom stereocenters. The summed E-state index contributed by atoms with van der Waals surface area (Å²) in [4.78, 5) is 65.1. The Morgan fingerprint density at radius 1 is 0.970 bits per heavy atom. The Kier molecular flexibility index (Phi) is 13.2. The highest BCUT2D eigenvalue weighted by molar-refractivity contribution is 5.99. The molecular formula is C47H54F3N11O5. The number of benzene rings is 2. The van der Waals surface area contributed by atoms with Crippen molar-refractivity contribution in [3.05, 3.63) is 89.1 Å². The van der Waals surface area contributed by atoms with Gasteiger partial charge in [0.15, 0.2) is 23.0 Å². The number of methoxy groups -OCH3 is 1. The van der Waals surface area contributed by atoms with Gasteiger partial charge in [0, 0.05) is 87.7 Å². The lowest BCUT2D eigenvalue weighted by atomic mass is 9.68. The lowest BCUT2D eigenvalue weighted by Gasteiger charge is -2.51. The largest absolute Gasteiger partial charge is 0.492 e. The molecule has 66 heavy (non-hydrogen) atoms. The van der Waals surface area contributed by atoms with Gasteiger partial charge >= 0.3 is 6.03 Å². The van der Waals surface area contributed by atoms with Crippen molar-refractivity contribution in [1.29, 1.82) is 0 Å². The number of aldehydes is 1. The van der Waals surface area contributed by atoms with Crippen LogP contribution in [0.15, 0.2) is 60.9 Å². The third kappa shape index (κ3) is 8.95. The molecule has 0 bridgehead atoms. The number of carbonyl (C=O) groups excluding carboxylic acids is 4. The molecule has 2 aromatic carbocycles. The van der Waals surface area contributed by atoms with Crippen LogP contribution >= 0.6 is 0 Å². The van der Waals surface area contributed by atoms with Crippen molar-refractivity contribution < 1.29 is 37.1 Å². The fourth-order valence-electron chi connectivity index (χ4n) is 9.19. The van der Waals surface area contributed by atoms with Gasteiger partial charge in [0.25, 0.3) is 17.7 Å². The van der Waals surface area contributed by atoms with Crippen molar-refractivity contribution in [2.75, 3.05) is 75.6 Å². The van der Waals surface area contributed by atoms with E-state index in [9.17, 15) is 19.2 Å². The minimum atomic E-state index is -3.04. The van der Waals surface area contributed by atoms with Gasteiger partial charge in [0.05, 0.1) is 36.9 Å². The van der Waals surface area contributed by atoms with Gasteiger partial charge in [0.2, 0.25) is 0 Å². The molecule has 0 atom stereocenters. The zero-order chi connectivity index (χ0) is 46.8. The molecule has 4 aliphatic rings. The van der Waals surface area contributed by atoms with E-state index >= 15 is 13.2 Å². The molecule has 3 aliphatic heterocycles. The zero-order valence-corrected chi connectivity index (χ0v) is 37.3. The summed E-state index contributed by atoms with van der Waals surface area (Å²) < 4.78 is 54.4. The third-order valence-electron chi connectivity index (χ3n) is 12.9. The second kappa shape index (κ2) is 19.0. The van der Waals surface area contributed by atoms with E-state index < -0.39 is 41.5 Å². The SMILES string of the molecule is C1CC1.CNC(=O)N(CCC=O)c1cc(C(=O)N2CCC3(CCN(Cc4ccc(-c5cccc6c5CCN6c5cc(NC)c6ncc(C(N)=O)n6n5)nc4)CC3(F)F)CC2)cc(F)c1OC. The van der Waals surface area contributed by atoms with Crippen molar-refractivity contribution >= 4 is 52.7 Å². The quantitative estimate of drug-likeness (QED) is 0.117. The molecule has 1 aliphatic carbocycles. The van der Waals surface area contributed by atoms with Crippen LogP contribution in [0.3, 0.4) is 0 Å². The molecule has 1 saturated carbocycles. The summed E-state index contributed by atoms with van der Waals surface area (Å²) in [6.45, 7) is 0.944. The van der Waals surface area contributed by atoms with Crippen LogP contribution in [0.5, 0.6) is 5.75 Å². The van der Waals surface area contributed by atoms with Crippen LogP contribution in [0.1, 0.15) is 76.9 Å². The number of hydrogen-bond acceptors (Lipinski definition) is 11. The maximum absolute atomic E-state index is 16.2. The van der Waals surface area contributed by atoms with Crippen LogP contribution in [0.2, 0.25) is 0 Å². The van der Waals surface area contributed by atoms with Gasteiger partial charge in [-0.2, -0.15) is 0 Å². The molecule has 0 radical (unpaired) electrons. The van der Waals surface area contributed by atoms with Crippen molar-refractivity contribution in [2.24, 2.45) is 11.1 Å².